The number of benzene rings is 1. The van der Waals surface area contributed by atoms with Crippen LogP contribution in [0, 0.1) is 6.92 Å². The molecule has 1 aliphatic rings. The summed E-state index contributed by atoms with van der Waals surface area (Å²) in [6, 6.07) is 6.80. The quantitative estimate of drug-likeness (QED) is 0.293. The number of aliphatic imine (C=N–C) groups is 1. The third-order valence-corrected chi connectivity index (χ3v) is 3.58. The summed E-state index contributed by atoms with van der Waals surface area (Å²) < 4.78 is 5.92. The first-order valence-corrected chi connectivity index (χ1v) is 7.98. The molecule has 0 saturated heterocycles. The van der Waals surface area contributed by atoms with Crippen LogP contribution in [0.2, 0.25) is 0 Å². The number of nitrogens with zero attached hydrogens (tertiary/aromatic N) is 1. The molecule has 0 radical (unpaired) electrons. The van der Waals surface area contributed by atoms with Crippen LogP contribution in [-0.2, 0) is 6.54 Å². The molecule has 0 aliphatic heterocycles. The molecule has 1 fully saturated rings. The molecule has 124 valence electrons. The van der Waals surface area contributed by atoms with E-state index in [1.165, 1.54) is 31.2 Å². The number of ether oxygens (including phenoxy) is 1. The van der Waals surface area contributed by atoms with Gasteiger partial charge in [-0.05, 0) is 37.8 Å². The fourth-order valence-corrected chi connectivity index (χ4v) is 2.11. The Morgan fingerprint density at radius 3 is 2.82 bits per heavy atom. The van der Waals surface area contributed by atoms with Crippen LogP contribution >= 0.6 is 24.0 Å². The number of nitrogens with one attached hydrogen (secondary N) is 1. The highest BCUT2D eigenvalue weighted by Gasteiger charge is 2.21. The maximum Gasteiger partial charge on any atom is 0.189 e. The van der Waals surface area contributed by atoms with Gasteiger partial charge in [0.25, 0.3) is 0 Å². The molecular weight excluding hydrogens is 389 g/mol. The summed E-state index contributed by atoms with van der Waals surface area (Å²) in [5.41, 5.74) is 8.18. The number of hydrogen-bond acceptors (Lipinski definition) is 2. The number of guanidine groups is 1. The third kappa shape index (κ3) is 6.85. The lowest BCUT2D eigenvalue weighted by atomic mass is 10.1. The highest BCUT2D eigenvalue weighted by atomic mass is 127. The average molecular weight is 417 g/mol. The lowest BCUT2D eigenvalue weighted by Crippen LogP contribution is -2.33. The van der Waals surface area contributed by atoms with Crippen molar-refractivity contribution in [2.24, 2.45) is 10.7 Å². The van der Waals surface area contributed by atoms with E-state index >= 15 is 0 Å². The van der Waals surface area contributed by atoms with Crippen LogP contribution < -0.4 is 15.8 Å². The smallest absolute Gasteiger partial charge is 0.189 e. The van der Waals surface area contributed by atoms with Gasteiger partial charge in [0, 0.05) is 11.6 Å². The van der Waals surface area contributed by atoms with E-state index in [0.717, 1.165) is 24.3 Å². The van der Waals surface area contributed by atoms with Crippen molar-refractivity contribution in [2.75, 3.05) is 6.61 Å². The summed E-state index contributed by atoms with van der Waals surface area (Å²) >= 11 is 0. The van der Waals surface area contributed by atoms with Gasteiger partial charge in [0.15, 0.2) is 5.96 Å². The van der Waals surface area contributed by atoms with E-state index in [0.29, 0.717) is 18.5 Å². The normalized spacial score (nSPS) is 14.4. The molecule has 0 amide bonds. The van der Waals surface area contributed by atoms with E-state index in [-0.39, 0.29) is 24.0 Å². The maximum atomic E-state index is 5.92. The molecule has 1 aromatic rings. The van der Waals surface area contributed by atoms with Crippen molar-refractivity contribution in [3.8, 4) is 5.75 Å². The van der Waals surface area contributed by atoms with Crippen LogP contribution in [-0.4, -0.2) is 18.6 Å². The second kappa shape index (κ2) is 9.92. The Kier molecular flexibility index (Phi) is 8.60. The van der Waals surface area contributed by atoms with E-state index in [9.17, 15) is 0 Å². The van der Waals surface area contributed by atoms with Gasteiger partial charge in [0.1, 0.15) is 5.75 Å². The molecule has 0 aromatic heterocycles. The van der Waals surface area contributed by atoms with Gasteiger partial charge in [-0.15, -0.1) is 24.0 Å². The molecule has 3 N–H and O–H groups in total. The molecule has 0 heterocycles. The molecule has 0 atom stereocenters. The molecule has 4 nitrogen and oxygen atoms in total. The molecule has 2 rings (SSSR count). The van der Waals surface area contributed by atoms with Crippen molar-refractivity contribution in [3.63, 3.8) is 0 Å². The van der Waals surface area contributed by atoms with Crippen molar-refractivity contribution in [1.29, 1.82) is 0 Å². The number of halogens is 1. The summed E-state index contributed by atoms with van der Waals surface area (Å²) in [6.45, 7) is 5.61. The van der Waals surface area contributed by atoms with Crippen LogP contribution in [0.4, 0.5) is 0 Å². The Morgan fingerprint density at radius 1 is 1.36 bits per heavy atom. The van der Waals surface area contributed by atoms with Gasteiger partial charge in [-0.2, -0.15) is 0 Å². The Morgan fingerprint density at radius 2 is 2.14 bits per heavy atom. The molecule has 1 saturated carbocycles. The van der Waals surface area contributed by atoms with Crippen molar-refractivity contribution >= 4 is 29.9 Å². The van der Waals surface area contributed by atoms with Crippen molar-refractivity contribution < 1.29 is 4.74 Å². The SMILES string of the molecule is CCCCCOc1cc(C)ccc1CN=C(N)NC1CC1.I. The van der Waals surface area contributed by atoms with Crippen molar-refractivity contribution in [2.45, 2.75) is 58.5 Å². The Balaban J connectivity index is 0.00000242. The maximum absolute atomic E-state index is 5.92. The number of nitrogens with two attached hydrogens (primary N) is 1. The van der Waals surface area contributed by atoms with Gasteiger partial charge in [-0.1, -0.05) is 31.9 Å². The zero-order valence-corrected chi connectivity index (χ0v) is 15.9. The monoisotopic (exact) mass is 417 g/mol. The fourth-order valence-electron chi connectivity index (χ4n) is 2.11. The lowest BCUT2D eigenvalue weighted by molar-refractivity contribution is 0.303. The number of unbranched alkanes of at least 4 members (excludes halogenated alkanes) is 2. The zero-order chi connectivity index (χ0) is 15.1. The molecule has 0 bridgehead atoms. The van der Waals surface area contributed by atoms with E-state index in [1.807, 2.05) is 0 Å². The summed E-state index contributed by atoms with van der Waals surface area (Å²) in [5, 5.41) is 3.20. The van der Waals surface area contributed by atoms with Crippen molar-refractivity contribution in [1.82, 2.24) is 5.32 Å². The van der Waals surface area contributed by atoms with Crippen LogP contribution in [0.1, 0.15) is 50.2 Å². The first kappa shape index (κ1) is 19.1. The van der Waals surface area contributed by atoms with Crippen molar-refractivity contribution in [3.05, 3.63) is 29.3 Å². The zero-order valence-electron chi connectivity index (χ0n) is 13.6. The predicted octanol–water partition coefficient (Wildman–Crippen LogP) is 3.75. The van der Waals surface area contributed by atoms with Crippen LogP contribution in [0.25, 0.3) is 0 Å². The summed E-state index contributed by atoms with van der Waals surface area (Å²) in [7, 11) is 0. The fraction of sp³-hybridized carbons (Fsp3) is 0.588. The second-order valence-electron chi connectivity index (χ2n) is 5.79. The highest BCUT2D eigenvalue weighted by molar-refractivity contribution is 14.0. The summed E-state index contributed by atoms with van der Waals surface area (Å²) in [6.07, 6.45) is 5.91. The summed E-state index contributed by atoms with van der Waals surface area (Å²) in [5.74, 6) is 1.48. The lowest BCUT2D eigenvalue weighted by Gasteiger charge is -2.11. The van der Waals surface area contributed by atoms with Crippen LogP contribution in [0.15, 0.2) is 23.2 Å². The number of rotatable bonds is 8. The molecule has 5 heteroatoms. The largest absolute Gasteiger partial charge is 0.493 e. The second-order valence-corrected chi connectivity index (χ2v) is 5.79. The molecule has 0 unspecified atom stereocenters. The van der Waals surface area contributed by atoms with Crippen LogP contribution in [0.5, 0.6) is 5.75 Å². The Hall–Kier alpha value is -0.980. The third-order valence-electron chi connectivity index (χ3n) is 3.58. The molecular formula is C17H28IN3O. The highest BCUT2D eigenvalue weighted by Crippen LogP contribution is 2.22. The standard InChI is InChI=1S/C17H27N3O.HI/c1-3-4-5-10-21-16-11-13(2)6-7-14(16)12-19-17(18)20-15-8-9-15;/h6-7,11,15H,3-5,8-10,12H2,1-2H3,(H3,18,19,20);1H. The number of hydrogen-bond donors (Lipinski definition) is 2. The van der Waals surface area contributed by atoms with Gasteiger partial charge in [0.2, 0.25) is 0 Å². The van der Waals surface area contributed by atoms with Gasteiger partial charge in [-0.3, -0.25) is 0 Å². The number of aryl methyl sites for hydroxylation is 1. The topological polar surface area (TPSA) is 59.6 Å². The van der Waals surface area contributed by atoms with Gasteiger partial charge < -0.3 is 15.8 Å². The predicted molar refractivity (Wildman–Crippen MR) is 103 cm³/mol. The van der Waals surface area contributed by atoms with E-state index < -0.39 is 0 Å². The first-order valence-electron chi connectivity index (χ1n) is 7.98. The minimum atomic E-state index is 0. The van der Waals surface area contributed by atoms with E-state index in [2.05, 4.69) is 42.4 Å². The van der Waals surface area contributed by atoms with E-state index in [4.69, 9.17) is 10.5 Å². The minimum Gasteiger partial charge on any atom is -0.493 e. The summed E-state index contributed by atoms with van der Waals surface area (Å²) in [4.78, 5) is 4.41. The molecule has 1 aromatic carbocycles. The Bertz CT molecular complexity index is 487. The van der Waals surface area contributed by atoms with E-state index in [1.54, 1.807) is 0 Å². The van der Waals surface area contributed by atoms with Gasteiger partial charge in [0.05, 0.1) is 13.2 Å². The first-order chi connectivity index (χ1) is 10.2. The molecule has 22 heavy (non-hydrogen) atoms. The van der Waals surface area contributed by atoms with Gasteiger partial charge in [-0.25, -0.2) is 4.99 Å². The Labute approximate surface area is 150 Å². The minimum absolute atomic E-state index is 0. The van der Waals surface area contributed by atoms with Crippen LogP contribution in [0.3, 0.4) is 0 Å². The van der Waals surface area contributed by atoms with Gasteiger partial charge >= 0.3 is 0 Å². The molecule has 0 spiro atoms. The molecule has 1 aliphatic carbocycles. The average Bonchev–Trinajstić information content (AvgIpc) is 3.26.